The number of likely N-dealkylation sites (N-methyl/N-ethyl adjacent to an activating group) is 1. The second-order valence-corrected chi connectivity index (χ2v) is 4.07. The third-order valence-corrected chi connectivity index (χ3v) is 2.50. The van der Waals surface area contributed by atoms with E-state index in [0.29, 0.717) is 5.92 Å². The fourth-order valence-electron chi connectivity index (χ4n) is 1.05. The van der Waals surface area contributed by atoms with Crippen LogP contribution in [0.25, 0.3) is 0 Å². The Bertz CT molecular complexity index is 259. The average Bonchev–Trinajstić information content (AvgIpc) is 2.21. The average molecular weight is 205 g/mol. The molecule has 0 saturated heterocycles. The molecule has 0 bridgehead atoms. The molecule has 0 aromatic rings. The Morgan fingerprint density at radius 2 is 1.93 bits per heavy atom. The van der Waals surface area contributed by atoms with Crippen LogP contribution in [0.4, 0.5) is 0 Å². The first-order valence-corrected chi connectivity index (χ1v) is 5.35. The van der Waals surface area contributed by atoms with Crippen molar-refractivity contribution in [2.24, 2.45) is 5.92 Å². The van der Waals surface area contributed by atoms with Crippen LogP contribution in [0.1, 0.15) is 20.3 Å². The lowest BCUT2D eigenvalue weighted by atomic mass is 10.0. The molecule has 1 nitrogen and oxygen atoms in total. The smallest absolute Gasteiger partial charge is 0.0290 e. The number of nitrogens with zero attached hydrogens (tertiary/aromatic N) is 1. The molecule has 0 fully saturated rings. The van der Waals surface area contributed by atoms with E-state index in [-0.39, 0.29) is 0 Å². The van der Waals surface area contributed by atoms with E-state index in [0.717, 1.165) is 18.7 Å². The van der Waals surface area contributed by atoms with Crippen molar-refractivity contribution in [1.82, 2.24) is 4.90 Å². The van der Waals surface area contributed by atoms with Gasteiger partial charge in [0, 0.05) is 19.3 Å². The van der Waals surface area contributed by atoms with Gasteiger partial charge in [0.1, 0.15) is 0 Å². The molecule has 0 aromatic heterocycles. The lowest BCUT2D eigenvalue weighted by Crippen LogP contribution is -2.18. The monoisotopic (exact) mass is 205 g/mol. The normalized spacial score (nSPS) is 10.7. The Balaban J connectivity index is 3.98. The summed E-state index contributed by atoms with van der Waals surface area (Å²) in [5, 5.41) is 0. The van der Waals surface area contributed by atoms with Crippen LogP contribution >= 0.6 is 0 Å². The van der Waals surface area contributed by atoms with Gasteiger partial charge in [-0.15, -0.1) is 0 Å². The molecule has 0 N–H and O–H groups in total. The largest absolute Gasteiger partial charge is 0.375 e. The highest BCUT2D eigenvalue weighted by molar-refractivity contribution is 5.17. The molecule has 15 heavy (non-hydrogen) atoms. The Labute approximate surface area is 94.5 Å². The summed E-state index contributed by atoms with van der Waals surface area (Å²) in [6, 6.07) is 0. The van der Waals surface area contributed by atoms with Gasteiger partial charge >= 0.3 is 0 Å². The Morgan fingerprint density at radius 1 is 1.33 bits per heavy atom. The zero-order valence-electron chi connectivity index (χ0n) is 10.3. The van der Waals surface area contributed by atoms with Gasteiger partial charge in [-0.1, -0.05) is 51.3 Å². The zero-order chi connectivity index (χ0) is 11.8. The van der Waals surface area contributed by atoms with Crippen LogP contribution in [-0.2, 0) is 0 Å². The fraction of sp³-hybridized carbons (Fsp3) is 0.429. The maximum Gasteiger partial charge on any atom is 0.0290 e. The highest BCUT2D eigenvalue weighted by Gasteiger charge is 2.03. The van der Waals surface area contributed by atoms with Crippen LogP contribution in [0.15, 0.2) is 49.2 Å². The van der Waals surface area contributed by atoms with Gasteiger partial charge in [-0.25, -0.2) is 0 Å². The van der Waals surface area contributed by atoms with E-state index in [1.165, 1.54) is 5.57 Å². The molecule has 0 radical (unpaired) electrons. The van der Waals surface area contributed by atoms with Crippen molar-refractivity contribution >= 4 is 0 Å². The number of hydrogen-bond acceptors (Lipinski definition) is 1. The molecule has 0 aliphatic rings. The van der Waals surface area contributed by atoms with Gasteiger partial charge < -0.3 is 4.90 Å². The molecule has 0 saturated carbocycles. The highest BCUT2D eigenvalue weighted by atomic mass is 15.1. The first-order valence-electron chi connectivity index (χ1n) is 5.35. The van der Waals surface area contributed by atoms with Gasteiger partial charge in [0.05, 0.1) is 0 Å². The number of hydrogen-bond donors (Lipinski definition) is 0. The molecule has 84 valence electrons. The standard InChI is InChI=1S/C14H23N/c1-7-8-9-14(5)15(6)11-10-13(4)12(2)3/h7-9,12H,1,4-5,10-11H2,2-3,6H3/b9-8-. The van der Waals surface area contributed by atoms with E-state index >= 15 is 0 Å². The summed E-state index contributed by atoms with van der Waals surface area (Å²) in [5.74, 6) is 0.565. The highest BCUT2D eigenvalue weighted by Crippen LogP contribution is 2.12. The molecule has 0 aliphatic heterocycles. The van der Waals surface area contributed by atoms with Crippen molar-refractivity contribution in [3.63, 3.8) is 0 Å². The van der Waals surface area contributed by atoms with Crippen molar-refractivity contribution in [3.05, 3.63) is 49.2 Å². The molecular weight excluding hydrogens is 182 g/mol. The van der Waals surface area contributed by atoms with Crippen molar-refractivity contribution in [1.29, 1.82) is 0 Å². The molecule has 1 heteroatoms. The summed E-state index contributed by atoms with van der Waals surface area (Å²) in [5.41, 5.74) is 2.30. The second kappa shape index (κ2) is 7.10. The van der Waals surface area contributed by atoms with Crippen LogP contribution < -0.4 is 0 Å². The Kier molecular flexibility index (Phi) is 6.52. The molecule has 0 unspecified atom stereocenters. The Hall–Kier alpha value is -1.24. The maximum absolute atomic E-state index is 4.06. The maximum atomic E-state index is 4.06. The van der Waals surface area contributed by atoms with E-state index in [2.05, 4.69) is 38.5 Å². The van der Waals surface area contributed by atoms with Crippen molar-refractivity contribution in [2.75, 3.05) is 13.6 Å². The predicted molar refractivity (Wildman–Crippen MR) is 69.7 cm³/mol. The third kappa shape index (κ3) is 5.95. The first-order chi connectivity index (χ1) is 6.99. The van der Waals surface area contributed by atoms with Crippen molar-refractivity contribution in [2.45, 2.75) is 20.3 Å². The van der Waals surface area contributed by atoms with Crippen LogP contribution in [0.5, 0.6) is 0 Å². The molecule has 0 aromatic carbocycles. The zero-order valence-corrected chi connectivity index (χ0v) is 10.3. The third-order valence-electron chi connectivity index (χ3n) is 2.50. The van der Waals surface area contributed by atoms with Gasteiger partial charge in [-0.2, -0.15) is 0 Å². The topological polar surface area (TPSA) is 3.24 Å². The minimum atomic E-state index is 0.565. The predicted octanol–water partition coefficient (Wildman–Crippen LogP) is 3.78. The van der Waals surface area contributed by atoms with Gasteiger partial charge in [-0.3, -0.25) is 0 Å². The van der Waals surface area contributed by atoms with Crippen LogP contribution in [0.2, 0.25) is 0 Å². The van der Waals surface area contributed by atoms with Crippen LogP contribution in [0, 0.1) is 5.92 Å². The fourth-order valence-corrected chi connectivity index (χ4v) is 1.05. The minimum Gasteiger partial charge on any atom is -0.375 e. The molecule has 0 heterocycles. The van der Waals surface area contributed by atoms with Gasteiger partial charge in [0.2, 0.25) is 0 Å². The van der Waals surface area contributed by atoms with E-state index in [4.69, 9.17) is 0 Å². The molecule has 0 amide bonds. The van der Waals surface area contributed by atoms with Crippen LogP contribution in [0.3, 0.4) is 0 Å². The van der Waals surface area contributed by atoms with Crippen molar-refractivity contribution < 1.29 is 0 Å². The summed E-state index contributed by atoms with van der Waals surface area (Å²) in [6.45, 7) is 17.0. The van der Waals surface area contributed by atoms with E-state index in [1.807, 2.05) is 19.2 Å². The van der Waals surface area contributed by atoms with Gasteiger partial charge in [0.25, 0.3) is 0 Å². The van der Waals surface area contributed by atoms with Gasteiger partial charge in [0.15, 0.2) is 0 Å². The van der Waals surface area contributed by atoms with Crippen LogP contribution in [-0.4, -0.2) is 18.5 Å². The summed E-state index contributed by atoms with van der Waals surface area (Å²) in [6.07, 6.45) is 6.64. The van der Waals surface area contributed by atoms with E-state index < -0.39 is 0 Å². The molecule has 0 spiro atoms. The summed E-state index contributed by atoms with van der Waals surface area (Å²) < 4.78 is 0. The van der Waals surface area contributed by atoms with Crippen molar-refractivity contribution in [3.8, 4) is 0 Å². The number of rotatable bonds is 7. The summed E-state index contributed by atoms with van der Waals surface area (Å²) >= 11 is 0. The lowest BCUT2D eigenvalue weighted by Gasteiger charge is -2.20. The molecular formula is C14H23N. The minimum absolute atomic E-state index is 0.565. The Morgan fingerprint density at radius 3 is 2.40 bits per heavy atom. The lowest BCUT2D eigenvalue weighted by molar-refractivity contribution is 0.429. The quantitative estimate of drug-likeness (QED) is 0.451. The second-order valence-electron chi connectivity index (χ2n) is 4.07. The van der Waals surface area contributed by atoms with E-state index in [9.17, 15) is 0 Å². The molecule has 0 rings (SSSR count). The molecule has 0 aliphatic carbocycles. The van der Waals surface area contributed by atoms with Gasteiger partial charge in [-0.05, 0) is 18.4 Å². The summed E-state index contributed by atoms with van der Waals surface area (Å²) in [7, 11) is 2.05. The first kappa shape index (κ1) is 13.8. The molecule has 0 atom stereocenters. The summed E-state index contributed by atoms with van der Waals surface area (Å²) in [4.78, 5) is 2.13. The number of allylic oxidation sites excluding steroid dienone is 3. The SMILES string of the molecule is C=C/C=C\C(=C)N(C)CCC(=C)C(C)C. The van der Waals surface area contributed by atoms with E-state index in [1.54, 1.807) is 6.08 Å².